The maximum Gasteiger partial charge on any atom is 0.137 e. The molecule has 98 valence electrons. The average molecular weight is 314 g/mol. The zero-order valence-electron chi connectivity index (χ0n) is 10.5. The normalized spacial score (nSPS) is 12.7. The molecule has 0 aliphatic rings. The third-order valence-electron chi connectivity index (χ3n) is 2.50. The van der Waals surface area contributed by atoms with Crippen LogP contribution in [-0.4, -0.2) is 12.8 Å². The van der Waals surface area contributed by atoms with Crippen LogP contribution >= 0.6 is 15.9 Å². The quantitative estimate of drug-likeness (QED) is 0.815. The summed E-state index contributed by atoms with van der Waals surface area (Å²) >= 11 is 3.13. The van der Waals surface area contributed by atoms with E-state index in [2.05, 4.69) is 26.2 Å². The molecule has 0 spiro atoms. The van der Waals surface area contributed by atoms with Crippen molar-refractivity contribution in [1.29, 1.82) is 0 Å². The minimum absolute atomic E-state index is 0.285. The number of benzene rings is 1. The molecule has 0 aromatic heterocycles. The Morgan fingerprint density at radius 3 is 2.83 bits per heavy atom. The minimum Gasteiger partial charge on any atom is -0.401 e. The molecule has 0 atom stereocenters. The van der Waals surface area contributed by atoms with Crippen LogP contribution in [0.4, 0.5) is 10.1 Å². The molecular formula is C13H17BrFN3. The number of allylic oxidation sites excluding steroid dienone is 1. The third-order valence-corrected chi connectivity index (χ3v) is 3.11. The molecule has 0 saturated heterocycles. The average Bonchev–Trinajstić information content (AvgIpc) is 2.37. The highest BCUT2D eigenvalue weighted by atomic mass is 79.9. The lowest BCUT2D eigenvalue weighted by Gasteiger charge is -2.05. The number of rotatable bonds is 5. The van der Waals surface area contributed by atoms with Crippen molar-refractivity contribution in [3.8, 4) is 0 Å². The van der Waals surface area contributed by atoms with Gasteiger partial charge in [0.2, 0.25) is 0 Å². The second-order valence-corrected chi connectivity index (χ2v) is 4.81. The van der Waals surface area contributed by atoms with Gasteiger partial charge in [-0.25, -0.2) is 4.39 Å². The van der Waals surface area contributed by atoms with Gasteiger partial charge in [-0.15, -0.1) is 0 Å². The second-order valence-electron chi connectivity index (χ2n) is 3.95. The van der Waals surface area contributed by atoms with Crippen LogP contribution in [-0.2, 0) is 0 Å². The minimum atomic E-state index is -0.285. The van der Waals surface area contributed by atoms with Crippen LogP contribution in [0.5, 0.6) is 0 Å². The van der Waals surface area contributed by atoms with E-state index in [1.54, 1.807) is 25.4 Å². The number of hydrogen-bond acceptors (Lipinski definition) is 3. The van der Waals surface area contributed by atoms with Crippen molar-refractivity contribution in [3.63, 3.8) is 0 Å². The predicted octanol–water partition coefficient (Wildman–Crippen LogP) is 3.67. The molecule has 3 N–H and O–H groups in total. The predicted molar refractivity (Wildman–Crippen MR) is 78.3 cm³/mol. The lowest BCUT2D eigenvalue weighted by atomic mass is 10.2. The molecule has 0 amide bonds. The molecule has 0 saturated carbocycles. The fourth-order valence-electron chi connectivity index (χ4n) is 1.27. The molecule has 0 aliphatic carbocycles. The van der Waals surface area contributed by atoms with Crippen LogP contribution in [0.15, 0.2) is 39.6 Å². The fraction of sp³-hybridized carbons (Fsp3) is 0.308. The first kappa shape index (κ1) is 14.7. The maximum atomic E-state index is 13.0. The Labute approximate surface area is 115 Å². The van der Waals surface area contributed by atoms with Gasteiger partial charge < -0.3 is 11.1 Å². The largest absolute Gasteiger partial charge is 0.401 e. The summed E-state index contributed by atoms with van der Waals surface area (Å²) in [7, 11) is 1.77. The van der Waals surface area contributed by atoms with Crippen LogP contribution in [0, 0.1) is 5.82 Å². The number of nitrogens with zero attached hydrogens (tertiary/aromatic N) is 1. The molecule has 1 aromatic rings. The first-order valence-corrected chi connectivity index (χ1v) is 6.40. The van der Waals surface area contributed by atoms with E-state index in [1.165, 1.54) is 6.07 Å². The van der Waals surface area contributed by atoms with Gasteiger partial charge >= 0.3 is 0 Å². The molecule has 0 heterocycles. The molecule has 5 heteroatoms. The highest BCUT2D eigenvalue weighted by molar-refractivity contribution is 9.10. The molecule has 18 heavy (non-hydrogen) atoms. The fourth-order valence-corrected chi connectivity index (χ4v) is 1.65. The molecule has 0 aliphatic heterocycles. The molecule has 1 rings (SSSR count). The zero-order chi connectivity index (χ0) is 13.5. The number of halogens is 2. The van der Waals surface area contributed by atoms with E-state index in [4.69, 9.17) is 5.73 Å². The molecule has 0 bridgehead atoms. The van der Waals surface area contributed by atoms with Crippen molar-refractivity contribution >= 4 is 27.3 Å². The van der Waals surface area contributed by atoms with Crippen molar-refractivity contribution in [2.75, 3.05) is 12.4 Å². The van der Waals surface area contributed by atoms with E-state index in [0.717, 1.165) is 29.9 Å². The van der Waals surface area contributed by atoms with Crippen LogP contribution in [0.1, 0.15) is 19.8 Å². The molecule has 1 aromatic carbocycles. The van der Waals surface area contributed by atoms with Gasteiger partial charge in [0.05, 0.1) is 4.47 Å². The first-order chi connectivity index (χ1) is 8.52. The SMILES string of the molecule is C/N=C(\C)CC/C(N)=C/Nc1ccc(F)c(Br)c1. The van der Waals surface area contributed by atoms with Gasteiger partial charge in [0.25, 0.3) is 0 Å². The van der Waals surface area contributed by atoms with Gasteiger partial charge in [-0.05, 0) is 53.9 Å². The summed E-state index contributed by atoms with van der Waals surface area (Å²) in [6.45, 7) is 1.97. The Balaban J connectivity index is 2.54. The number of aliphatic imine (C=N–C) groups is 1. The number of hydrogen-bond donors (Lipinski definition) is 2. The summed E-state index contributed by atoms with van der Waals surface area (Å²) in [5.74, 6) is -0.285. The van der Waals surface area contributed by atoms with Crippen molar-refractivity contribution in [1.82, 2.24) is 0 Å². The lowest BCUT2D eigenvalue weighted by Crippen LogP contribution is -2.03. The van der Waals surface area contributed by atoms with Gasteiger partial charge in [0.15, 0.2) is 0 Å². The Bertz CT molecular complexity index is 469. The number of nitrogens with one attached hydrogen (secondary N) is 1. The van der Waals surface area contributed by atoms with Crippen LogP contribution < -0.4 is 11.1 Å². The standard InChI is InChI=1S/C13H17BrFN3/c1-9(17-2)3-4-10(16)8-18-11-5-6-13(15)12(14)7-11/h5-8,18H,3-4,16H2,1-2H3/b10-8-,17-9+. The van der Waals surface area contributed by atoms with E-state index < -0.39 is 0 Å². The van der Waals surface area contributed by atoms with E-state index in [9.17, 15) is 4.39 Å². The van der Waals surface area contributed by atoms with E-state index >= 15 is 0 Å². The third kappa shape index (κ3) is 4.87. The molecule has 0 fully saturated rings. The molecule has 3 nitrogen and oxygen atoms in total. The Kier molecular flexibility index (Phi) is 5.85. The van der Waals surface area contributed by atoms with Crippen LogP contribution in [0.2, 0.25) is 0 Å². The van der Waals surface area contributed by atoms with Crippen molar-refractivity contribution in [3.05, 3.63) is 40.4 Å². The first-order valence-electron chi connectivity index (χ1n) is 5.61. The lowest BCUT2D eigenvalue weighted by molar-refractivity contribution is 0.621. The van der Waals surface area contributed by atoms with Crippen molar-refractivity contribution in [2.45, 2.75) is 19.8 Å². The van der Waals surface area contributed by atoms with Crippen LogP contribution in [0.25, 0.3) is 0 Å². The Hall–Kier alpha value is -1.36. The van der Waals surface area contributed by atoms with E-state index in [-0.39, 0.29) is 5.82 Å². The second kappa shape index (κ2) is 7.16. The van der Waals surface area contributed by atoms with Gasteiger partial charge in [0.1, 0.15) is 5.82 Å². The van der Waals surface area contributed by atoms with Crippen molar-refractivity contribution in [2.24, 2.45) is 10.7 Å². The Morgan fingerprint density at radius 1 is 1.50 bits per heavy atom. The smallest absolute Gasteiger partial charge is 0.137 e. The van der Waals surface area contributed by atoms with Gasteiger partial charge in [-0.3, -0.25) is 4.99 Å². The zero-order valence-corrected chi connectivity index (χ0v) is 12.1. The Morgan fingerprint density at radius 2 is 2.22 bits per heavy atom. The summed E-state index contributed by atoms with van der Waals surface area (Å²) in [5, 5.41) is 3.03. The maximum absolute atomic E-state index is 13.0. The highest BCUT2D eigenvalue weighted by Gasteiger charge is 1.99. The highest BCUT2D eigenvalue weighted by Crippen LogP contribution is 2.20. The van der Waals surface area contributed by atoms with Crippen molar-refractivity contribution < 1.29 is 4.39 Å². The van der Waals surface area contributed by atoms with E-state index in [1.807, 2.05) is 6.92 Å². The summed E-state index contributed by atoms with van der Waals surface area (Å²) in [4.78, 5) is 4.07. The molecular weight excluding hydrogens is 297 g/mol. The topological polar surface area (TPSA) is 50.4 Å². The summed E-state index contributed by atoms with van der Waals surface area (Å²) in [6.07, 6.45) is 3.31. The molecule has 0 radical (unpaired) electrons. The molecule has 0 unspecified atom stereocenters. The van der Waals surface area contributed by atoms with Crippen LogP contribution in [0.3, 0.4) is 0 Å². The number of anilines is 1. The summed E-state index contributed by atoms with van der Waals surface area (Å²) in [6, 6.07) is 4.71. The summed E-state index contributed by atoms with van der Waals surface area (Å²) < 4.78 is 13.4. The monoisotopic (exact) mass is 313 g/mol. The number of nitrogens with two attached hydrogens (primary N) is 1. The van der Waals surface area contributed by atoms with Gasteiger partial charge in [0, 0.05) is 30.3 Å². The van der Waals surface area contributed by atoms with Gasteiger partial charge in [-0.1, -0.05) is 0 Å². The van der Waals surface area contributed by atoms with Gasteiger partial charge in [-0.2, -0.15) is 0 Å². The summed E-state index contributed by atoms with van der Waals surface area (Å²) in [5.41, 5.74) is 8.43. The van der Waals surface area contributed by atoms with E-state index in [0.29, 0.717) is 4.47 Å².